The maximum absolute atomic E-state index is 12.8. The molecule has 2 N–H and O–H groups in total. The van der Waals surface area contributed by atoms with Crippen LogP contribution in [0.3, 0.4) is 0 Å². The monoisotopic (exact) mass is 586 g/mol. The van der Waals surface area contributed by atoms with E-state index in [9.17, 15) is 4.79 Å². The van der Waals surface area contributed by atoms with E-state index in [1.165, 1.54) is 51.7 Å². The van der Waals surface area contributed by atoms with Crippen molar-refractivity contribution in [3.05, 3.63) is 54.3 Å². The highest BCUT2D eigenvalue weighted by Crippen LogP contribution is 2.34. The van der Waals surface area contributed by atoms with Crippen LogP contribution in [0.25, 0.3) is 21.9 Å². The van der Waals surface area contributed by atoms with Gasteiger partial charge in [0.05, 0.1) is 24.3 Å². The van der Waals surface area contributed by atoms with Crippen molar-refractivity contribution < 1.29 is 23.4 Å². The van der Waals surface area contributed by atoms with E-state index >= 15 is 0 Å². The van der Waals surface area contributed by atoms with Gasteiger partial charge < -0.3 is 38.7 Å². The topological polar surface area (TPSA) is 92.2 Å². The standard InChI is InChI=1S/C34H42N4O5/c1-40-30-11-5-12-31-33(30)24(22-42-31)21-41-29-10-4-8-27-26(29)19-32(36-27)43-34(39)35-25-13-17-37(18-14-25)20-23-7-6-16-38-15-3-2-9-28(23)38/h4-5,8,10-12,19,22-23,25,28,36H,2-3,6-7,9,13-18,20-21H2,1H3,(H,35,39)/t23-,28+/m0/s1. The van der Waals surface area contributed by atoms with Gasteiger partial charge in [0.2, 0.25) is 5.88 Å². The average molecular weight is 587 g/mol. The Morgan fingerprint density at radius 1 is 1.00 bits per heavy atom. The molecule has 228 valence electrons. The van der Waals surface area contributed by atoms with E-state index in [4.69, 9.17) is 18.6 Å². The maximum atomic E-state index is 12.8. The van der Waals surface area contributed by atoms with Gasteiger partial charge in [-0.1, -0.05) is 18.6 Å². The zero-order valence-electron chi connectivity index (χ0n) is 25.0. The Balaban J connectivity index is 0.922. The molecule has 9 nitrogen and oxygen atoms in total. The molecule has 0 aliphatic carbocycles. The Kier molecular flexibility index (Phi) is 8.17. The lowest BCUT2D eigenvalue weighted by atomic mass is 9.83. The highest BCUT2D eigenvalue weighted by molar-refractivity contribution is 5.89. The number of nitrogens with zero attached hydrogens (tertiary/aromatic N) is 2. The Bertz CT molecular complexity index is 1550. The highest BCUT2D eigenvalue weighted by Gasteiger charge is 2.34. The summed E-state index contributed by atoms with van der Waals surface area (Å²) in [7, 11) is 1.65. The van der Waals surface area contributed by atoms with Crippen molar-refractivity contribution in [1.29, 1.82) is 0 Å². The number of piperidine rings is 3. The van der Waals surface area contributed by atoms with Gasteiger partial charge in [-0.05, 0) is 81.8 Å². The third kappa shape index (κ3) is 6.06. The summed E-state index contributed by atoms with van der Waals surface area (Å²) >= 11 is 0. The van der Waals surface area contributed by atoms with Crippen molar-refractivity contribution in [3.63, 3.8) is 0 Å². The number of furan rings is 1. The fraction of sp³-hybridized carbons (Fsp3) is 0.500. The van der Waals surface area contributed by atoms with Crippen molar-refractivity contribution in [3.8, 4) is 17.4 Å². The van der Waals surface area contributed by atoms with Crippen LogP contribution in [0, 0.1) is 5.92 Å². The largest absolute Gasteiger partial charge is 0.496 e. The molecule has 3 saturated heterocycles. The zero-order valence-corrected chi connectivity index (χ0v) is 25.0. The third-order valence-electron chi connectivity index (χ3n) is 9.67. The van der Waals surface area contributed by atoms with Crippen molar-refractivity contribution in [2.45, 2.75) is 63.6 Å². The molecule has 3 fully saturated rings. The number of carbonyl (C=O) groups is 1. The second kappa shape index (κ2) is 12.5. The van der Waals surface area contributed by atoms with Crippen LogP contribution in [0.1, 0.15) is 50.5 Å². The molecule has 0 radical (unpaired) electrons. The van der Waals surface area contributed by atoms with Crippen molar-refractivity contribution in [2.24, 2.45) is 5.92 Å². The van der Waals surface area contributed by atoms with Crippen molar-refractivity contribution in [1.82, 2.24) is 20.1 Å². The van der Waals surface area contributed by atoms with Gasteiger partial charge in [-0.15, -0.1) is 0 Å². The van der Waals surface area contributed by atoms with Crippen LogP contribution in [-0.2, 0) is 6.61 Å². The van der Waals surface area contributed by atoms with Crippen molar-refractivity contribution >= 4 is 28.0 Å². The van der Waals surface area contributed by atoms with Gasteiger partial charge in [-0.25, -0.2) is 4.79 Å². The molecule has 3 aliphatic rings. The summed E-state index contributed by atoms with van der Waals surface area (Å²) in [4.78, 5) is 21.4. The van der Waals surface area contributed by atoms with Crippen LogP contribution in [0.15, 0.2) is 53.1 Å². The average Bonchev–Trinajstić information content (AvgIpc) is 3.65. The summed E-state index contributed by atoms with van der Waals surface area (Å²) in [5.41, 5.74) is 2.49. The third-order valence-corrected chi connectivity index (χ3v) is 9.67. The van der Waals surface area contributed by atoms with E-state index in [1.54, 1.807) is 13.4 Å². The molecule has 9 heteroatoms. The molecule has 0 saturated carbocycles. The van der Waals surface area contributed by atoms with Gasteiger partial charge >= 0.3 is 6.09 Å². The number of rotatable bonds is 8. The lowest BCUT2D eigenvalue weighted by Gasteiger charge is -2.46. The van der Waals surface area contributed by atoms with E-state index in [0.717, 1.165) is 71.1 Å². The van der Waals surface area contributed by atoms with Crippen LogP contribution < -0.4 is 19.5 Å². The number of nitrogens with one attached hydrogen (secondary N) is 2. The Labute approximate surface area is 252 Å². The number of benzene rings is 2. The van der Waals surface area contributed by atoms with Gasteiger partial charge in [-0.3, -0.25) is 0 Å². The van der Waals surface area contributed by atoms with E-state index < -0.39 is 6.09 Å². The number of hydrogen-bond acceptors (Lipinski definition) is 7. The minimum Gasteiger partial charge on any atom is -0.496 e. The van der Waals surface area contributed by atoms with Gasteiger partial charge in [-0.2, -0.15) is 0 Å². The summed E-state index contributed by atoms with van der Waals surface area (Å²) in [6, 6.07) is 14.2. The first-order valence-electron chi connectivity index (χ1n) is 15.9. The van der Waals surface area contributed by atoms with Gasteiger partial charge in [0, 0.05) is 48.7 Å². The number of hydrogen-bond donors (Lipinski definition) is 2. The predicted molar refractivity (Wildman–Crippen MR) is 166 cm³/mol. The normalized spacial score (nSPS) is 22.0. The first-order valence-corrected chi connectivity index (χ1v) is 15.9. The molecule has 7 rings (SSSR count). The number of aromatic nitrogens is 1. The molecule has 1 amide bonds. The van der Waals surface area contributed by atoms with Crippen LogP contribution in [0.5, 0.6) is 17.4 Å². The SMILES string of the molecule is COc1cccc2occ(COc3cccc4[nH]c(OC(=O)NC5CCN(C[C@@H]6CCCN7CCCC[C@H]67)CC5)cc34)c12. The predicted octanol–water partition coefficient (Wildman–Crippen LogP) is 6.32. The van der Waals surface area contributed by atoms with Gasteiger partial charge in [0.15, 0.2) is 0 Å². The zero-order chi connectivity index (χ0) is 29.2. The molecule has 2 aromatic carbocycles. The van der Waals surface area contributed by atoms with Crippen LogP contribution in [0.2, 0.25) is 0 Å². The highest BCUT2D eigenvalue weighted by atomic mass is 16.6. The second-order valence-corrected chi connectivity index (χ2v) is 12.3. The van der Waals surface area contributed by atoms with E-state index in [2.05, 4.69) is 20.1 Å². The number of amides is 1. The summed E-state index contributed by atoms with van der Waals surface area (Å²) < 4.78 is 23.1. The summed E-state index contributed by atoms with van der Waals surface area (Å²) in [6.45, 7) is 6.14. The van der Waals surface area contributed by atoms with Crippen molar-refractivity contribution in [2.75, 3.05) is 39.8 Å². The van der Waals surface area contributed by atoms with E-state index in [0.29, 0.717) is 18.2 Å². The van der Waals surface area contributed by atoms with E-state index in [-0.39, 0.29) is 6.04 Å². The second-order valence-electron chi connectivity index (χ2n) is 12.3. The number of H-pyrrole nitrogens is 1. The van der Waals surface area contributed by atoms with E-state index in [1.807, 2.05) is 42.5 Å². The number of carbonyl (C=O) groups excluding carboxylic acids is 1. The summed E-state index contributed by atoms with van der Waals surface area (Å²) in [6.07, 6.45) is 10.00. The molecule has 43 heavy (non-hydrogen) atoms. The lowest BCUT2D eigenvalue weighted by Crippen LogP contribution is -2.52. The fourth-order valence-electron chi connectivity index (χ4n) is 7.51. The number of fused-ring (bicyclic) bond motifs is 3. The Hall–Kier alpha value is -3.69. The molecule has 3 aliphatic heterocycles. The van der Waals surface area contributed by atoms with Gasteiger partial charge in [0.1, 0.15) is 23.7 Å². The first kappa shape index (κ1) is 28.1. The Morgan fingerprint density at radius 3 is 2.72 bits per heavy atom. The molecular formula is C34H42N4O5. The fourth-order valence-corrected chi connectivity index (χ4v) is 7.51. The first-order chi connectivity index (χ1) is 21.1. The Morgan fingerprint density at radius 2 is 1.84 bits per heavy atom. The van der Waals surface area contributed by atoms with Gasteiger partial charge in [0.25, 0.3) is 0 Å². The minimum absolute atomic E-state index is 0.131. The minimum atomic E-state index is -0.422. The van der Waals surface area contributed by atoms with Crippen LogP contribution in [-0.4, -0.2) is 72.8 Å². The molecular weight excluding hydrogens is 544 g/mol. The molecule has 2 aromatic heterocycles. The summed E-state index contributed by atoms with van der Waals surface area (Å²) in [5, 5.41) is 4.85. The van der Waals surface area contributed by atoms with Crippen LogP contribution >= 0.6 is 0 Å². The number of methoxy groups -OCH3 is 1. The molecule has 2 atom stereocenters. The molecule has 5 heterocycles. The molecule has 0 bridgehead atoms. The van der Waals surface area contributed by atoms with Crippen LogP contribution in [0.4, 0.5) is 4.79 Å². The number of likely N-dealkylation sites (tertiary alicyclic amines) is 1. The molecule has 0 unspecified atom stereocenters. The number of ether oxygens (including phenoxy) is 3. The number of aromatic amines is 1. The lowest BCUT2D eigenvalue weighted by molar-refractivity contribution is 0.0353. The summed E-state index contributed by atoms with van der Waals surface area (Å²) in [5.74, 6) is 2.62. The molecule has 4 aromatic rings. The molecule has 0 spiro atoms. The maximum Gasteiger partial charge on any atom is 0.414 e. The quantitative estimate of drug-likeness (QED) is 0.250. The smallest absolute Gasteiger partial charge is 0.414 e.